The fourth-order valence-corrected chi connectivity index (χ4v) is 4.61. The summed E-state index contributed by atoms with van der Waals surface area (Å²) in [5, 5.41) is 1.95. The van der Waals surface area contributed by atoms with Gasteiger partial charge in [0.05, 0.1) is 10.9 Å². The second kappa shape index (κ2) is 6.48. The van der Waals surface area contributed by atoms with E-state index in [0.29, 0.717) is 5.88 Å². The minimum absolute atomic E-state index is 0.198. The van der Waals surface area contributed by atoms with Crippen molar-refractivity contribution in [1.29, 1.82) is 0 Å². The van der Waals surface area contributed by atoms with Crippen LogP contribution in [0.3, 0.4) is 0 Å². The number of aryl methyl sites for hydroxylation is 1. The van der Waals surface area contributed by atoms with Crippen LogP contribution in [0.5, 0.6) is 0 Å². The summed E-state index contributed by atoms with van der Waals surface area (Å²) in [6.07, 6.45) is 0. The van der Waals surface area contributed by atoms with E-state index in [2.05, 4.69) is 0 Å². The van der Waals surface area contributed by atoms with E-state index in [1.165, 1.54) is 4.31 Å². The van der Waals surface area contributed by atoms with Crippen LogP contribution < -0.4 is 0 Å². The van der Waals surface area contributed by atoms with E-state index in [4.69, 9.17) is 11.6 Å². The number of hydrogen-bond donors (Lipinski definition) is 0. The summed E-state index contributed by atoms with van der Waals surface area (Å²) in [5.74, 6) is 0.305. The summed E-state index contributed by atoms with van der Waals surface area (Å²) in [7, 11) is -1.92. The summed E-state index contributed by atoms with van der Waals surface area (Å²) >= 11 is 7.42. The predicted octanol–water partition coefficient (Wildman–Crippen LogP) is 4.18. The molecule has 1 aromatic heterocycles. The number of benzene rings is 1. The third-order valence-electron chi connectivity index (χ3n) is 3.64. The smallest absolute Gasteiger partial charge is 0.207 e. The van der Waals surface area contributed by atoms with Crippen molar-refractivity contribution in [3.8, 4) is 0 Å². The molecule has 0 aliphatic carbocycles. The Morgan fingerprint density at radius 1 is 1.33 bits per heavy atom. The highest BCUT2D eigenvalue weighted by Crippen LogP contribution is 2.29. The van der Waals surface area contributed by atoms with Crippen molar-refractivity contribution in [2.24, 2.45) is 0 Å². The van der Waals surface area contributed by atoms with E-state index in [-0.39, 0.29) is 10.9 Å². The lowest BCUT2D eigenvalue weighted by Gasteiger charge is -2.24. The molecule has 1 unspecified atom stereocenters. The fraction of sp³-hybridized carbons (Fsp3) is 0.333. The molecule has 0 saturated heterocycles. The van der Waals surface area contributed by atoms with Crippen LogP contribution in [-0.2, 0) is 15.9 Å². The van der Waals surface area contributed by atoms with E-state index < -0.39 is 10.0 Å². The van der Waals surface area contributed by atoms with Crippen molar-refractivity contribution in [2.45, 2.75) is 30.7 Å². The summed E-state index contributed by atoms with van der Waals surface area (Å²) < 4.78 is 26.9. The van der Waals surface area contributed by atoms with Crippen molar-refractivity contribution < 1.29 is 8.42 Å². The minimum Gasteiger partial charge on any atom is -0.207 e. The molecule has 3 nitrogen and oxygen atoms in total. The van der Waals surface area contributed by atoms with Gasteiger partial charge in [0.15, 0.2) is 0 Å². The molecule has 2 rings (SSSR count). The SMILES string of the molecule is Cc1ccc(S(=O)(=O)N(C)C(C)c2cccs2)cc1CCl. The monoisotopic (exact) mass is 343 g/mol. The number of hydrogen-bond acceptors (Lipinski definition) is 3. The standard InChI is InChI=1S/C15H18ClNO2S2/c1-11-6-7-14(9-13(11)10-16)21(18,19)17(3)12(2)15-5-4-8-20-15/h4-9,12H,10H2,1-3H3. The highest BCUT2D eigenvalue weighted by Gasteiger charge is 2.27. The lowest BCUT2D eigenvalue weighted by atomic mass is 10.1. The normalized spacial score (nSPS) is 13.6. The summed E-state index contributed by atoms with van der Waals surface area (Å²) in [6, 6.07) is 8.77. The predicted molar refractivity (Wildman–Crippen MR) is 88.4 cm³/mol. The Balaban J connectivity index is 2.37. The first-order chi connectivity index (χ1) is 9.87. The molecule has 0 saturated carbocycles. The summed E-state index contributed by atoms with van der Waals surface area (Å²) in [6.45, 7) is 3.81. The molecular formula is C15H18ClNO2S2. The molecule has 0 amide bonds. The fourth-order valence-electron chi connectivity index (χ4n) is 2.03. The van der Waals surface area contributed by atoms with E-state index in [1.54, 1.807) is 36.6 Å². The van der Waals surface area contributed by atoms with Gasteiger partial charge in [0.25, 0.3) is 0 Å². The van der Waals surface area contributed by atoms with Crippen molar-refractivity contribution >= 4 is 33.0 Å². The largest absolute Gasteiger partial charge is 0.243 e. The topological polar surface area (TPSA) is 37.4 Å². The molecule has 1 aromatic carbocycles. The molecule has 0 aliphatic heterocycles. The Labute approximate surface area is 135 Å². The average Bonchev–Trinajstić information content (AvgIpc) is 3.00. The number of nitrogens with zero attached hydrogens (tertiary/aromatic N) is 1. The molecule has 1 atom stereocenters. The zero-order valence-electron chi connectivity index (χ0n) is 12.2. The first-order valence-electron chi connectivity index (χ1n) is 6.55. The molecule has 0 bridgehead atoms. The van der Waals surface area contributed by atoms with Crippen LogP contribution in [0.4, 0.5) is 0 Å². The van der Waals surface area contributed by atoms with E-state index in [0.717, 1.165) is 16.0 Å². The molecule has 1 heterocycles. The summed E-state index contributed by atoms with van der Waals surface area (Å²) in [4.78, 5) is 1.31. The lowest BCUT2D eigenvalue weighted by Crippen LogP contribution is -2.29. The van der Waals surface area contributed by atoms with Gasteiger partial charge in [-0.05, 0) is 48.6 Å². The van der Waals surface area contributed by atoms with Crippen LogP contribution in [-0.4, -0.2) is 19.8 Å². The van der Waals surface area contributed by atoms with Crippen LogP contribution in [0.25, 0.3) is 0 Å². The molecule has 114 valence electrons. The van der Waals surface area contributed by atoms with Crippen LogP contribution in [0.15, 0.2) is 40.6 Å². The summed E-state index contributed by atoms with van der Waals surface area (Å²) in [5.41, 5.74) is 1.84. The number of rotatable bonds is 5. The van der Waals surface area contributed by atoms with Gasteiger partial charge in [-0.3, -0.25) is 0 Å². The number of thiophene rings is 1. The first kappa shape index (κ1) is 16.5. The van der Waals surface area contributed by atoms with Gasteiger partial charge in [-0.2, -0.15) is 4.31 Å². The van der Waals surface area contributed by atoms with E-state index >= 15 is 0 Å². The van der Waals surface area contributed by atoms with Gasteiger partial charge in [0, 0.05) is 17.8 Å². The number of alkyl halides is 1. The quantitative estimate of drug-likeness (QED) is 0.764. The van der Waals surface area contributed by atoms with Crippen LogP contribution >= 0.6 is 22.9 Å². The van der Waals surface area contributed by atoms with Gasteiger partial charge >= 0.3 is 0 Å². The maximum absolute atomic E-state index is 12.7. The van der Waals surface area contributed by atoms with E-state index in [9.17, 15) is 8.42 Å². The third-order valence-corrected chi connectivity index (χ3v) is 6.90. The van der Waals surface area contributed by atoms with Gasteiger partial charge < -0.3 is 0 Å². The molecular weight excluding hydrogens is 326 g/mol. The van der Waals surface area contributed by atoms with E-state index in [1.807, 2.05) is 31.4 Å². The molecule has 0 N–H and O–H groups in total. The van der Waals surface area contributed by atoms with Gasteiger partial charge in [-0.1, -0.05) is 12.1 Å². The Morgan fingerprint density at radius 3 is 2.62 bits per heavy atom. The van der Waals surface area contributed by atoms with Gasteiger partial charge in [-0.15, -0.1) is 22.9 Å². The Hall–Kier alpha value is -0.880. The van der Waals surface area contributed by atoms with Crippen molar-refractivity contribution in [3.05, 3.63) is 51.7 Å². The van der Waals surface area contributed by atoms with Crippen LogP contribution in [0, 0.1) is 6.92 Å². The highest BCUT2D eigenvalue weighted by molar-refractivity contribution is 7.89. The Kier molecular flexibility index (Phi) is 5.09. The molecule has 0 aliphatic rings. The first-order valence-corrected chi connectivity index (χ1v) is 9.40. The maximum atomic E-state index is 12.7. The van der Waals surface area contributed by atoms with Crippen LogP contribution in [0.1, 0.15) is 29.0 Å². The second-order valence-corrected chi connectivity index (χ2v) is 8.18. The number of sulfonamides is 1. The maximum Gasteiger partial charge on any atom is 0.243 e. The number of halogens is 1. The Bertz CT molecular complexity index is 711. The molecule has 0 fully saturated rings. The van der Waals surface area contributed by atoms with Gasteiger partial charge in [-0.25, -0.2) is 8.42 Å². The Morgan fingerprint density at radius 2 is 2.05 bits per heavy atom. The molecule has 2 aromatic rings. The van der Waals surface area contributed by atoms with Gasteiger partial charge in [0.1, 0.15) is 0 Å². The molecule has 0 spiro atoms. The average molecular weight is 344 g/mol. The van der Waals surface area contributed by atoms with Gasteiger partial charge in [0.2, 0.25) is 10.0 Å². The molecule has 21 heavy (non-hydrogen) atoms. The van der Waals surface area contributed by atoms with Crippen molar-refractivity contribution in [2.75, 3.05) is 7.05 Å². The molecule has 0 radical (unpaired) electrons. The highest BCUT2D eigenvalue weighted by atomic mass is 35.5. The lowest BCUT2D eigenvalue weighted by molar-refractivity contribution is 0.403. The zero-order chi connectivity index (χ0) is 15.6. The molecule has 6 heteroatoms. The third kappa shape index (κ3) is 3.31. The zero-order valence-corrected chi connectivity index (χ0v) is 14.6. The van der Waals surface area contributed by atoms with Crippen molar-refractivity contribution in [1.82, 2.24) is 4.31 Å². The minimum atomic E-state index is -3.53. The second-order valence-electron chi connectivity index (χ2n) is 4.93. The van der Waals surface area contributed by atoms with Crippen LogP contribution in [0.2, 0.25) is 0 Å². The van der Waals surface area contributed by atoms with Crippen molar-refractivity contribution in [3.63, 3.8) is 0 Å².